The second-order valence-electron chi connectivity index (χ2n) is 8.55. The Hall–Kier alpha value is -2.09. The van der Waals surface area contributed by atoms with Crippen LogP contribution in [0.25, 0.3) is 0 Å². The molecule has 0 aromatic carbocycles. The molecule has 0 saturated carbocycles. The van der Waals surface area contributed by atoms with Gasteiger partial charge in [0.15, 0.2) is 0 Å². The Labute approximate surface area is 201 Å². The van der Waals surface area contributed by atoms with Crippen molar-refractivity contribution in [3.8, 4) is 0 Å². The molecule has 0 saturated heterocycles. The first-order valence-electron chi connectivity index (χ1n) is 12.4. The molecule has 0 radical (unpaired) electrons. The second-order valence-corrected chi connectivity index (χ2v) is 9.46. The van der Waals surface area contributed by atoms with E-state index < -0.39 is 30.4 Å². The number of thiophene rings is 1. The van der Waals surface area contributed by atoms with Crippen molar-refractivity contribution < 1.29 is 29.3 Å². The zero-order valence-electron chi connectivity index (χ0n) is 20.0. The summed E-state index contributed by atoms with van der Waals surface area (Å²) in [5.74, 6) is -3.63. The fourth-order valence-electron chi connectivity index (χ4n) is 3.61. The number of hydrogen-bond donors (Lipinski definition) is 3. The van der Waals surface area contributed by atoms with Crippen LogP contribution in [0.15, 0.2) is 11.4 Å². The summed E-state index contributed by atoms with van der Waals surface area (Å²) in [5, 5.41) is 22.7. The third kappa shape index (κ3) is 14.6. The highest BCUT2D eigenvalue weighted by molar-refractivity contribution is 7.12. The largest absolute Gasteiger partial charge is 0.481 e. The van der Waals surface area contributed by atoms with Crippen LogP contribution in [0.1, 0.15) is 113 Å². The van der Waals surface area contributed by atoms with Crippen molar-refractivity contribution in [1.82, 2.24) is 0 Å². The van der Waals surface area contributed by atoms with Gasteiger partial charge in [-0.2, -0.15) is 0 Å². The van der Waals surface area contributed by atoms with E-state index in [0.717, 1.165) is 30.0 Å². The van der Waals surface area contributed by atoms with E-state index >= 15 is 0 Å². The number of hydrogen-bond acceptors (Lipinski definition) is 6. The zero-order valence-corrected chi connectivity index (χ0v) is 20.8. The van der Waals surface area contributed by atoms with Crippen molar-refractivity contribution in [1.29, 1.82) is 0 Å². The smallest absolute Gasteiger partial charge is 0.349 e. The molecule has 0 bridgehead atoms. The van der Waals surface area contributed by atoms with E-state index in [-0.39, 0.29) is 4.88 Å². The maximum atomic E-state index is 12.1. The number of carbonyl (C=O) groups excluding carboxylic acids is 1. The van der Waals surface area contributed by atoms with Gasteiger partial charge in [-0.15, -0.1) is 11.3 Å². The SMILES string of the molecule is CCCCCCCCCCCCCCCCNc1csc(C(=O)OC(CC(=O)O)C(=O)O)c1. The summed E-state index contributed by atoms with van der Waals surface area (Å²) in [6.07, 6.45) is 16.0. The van der Waals surface area contributed by atoms with E-state index in [9.17, 15) is 14.4 Å². The molecule has 188 valence electrons. The molecule has 0 aliphatic heterocycles. The van der Waals surface area contributed by atoms with Gasteiger partial charge in [0.1, 0.15) is 4.88 Å². The lowest BCUT2D eigenvalue weighted by Gasteiger charge is -2.10. The standard InChI is InChI=1S/C25H41NO6S/c1-2-3-4-5-6-7-8-9-10-11-12-13-14-15-16-26-20-17-22(33-19-20)25(31)32-21(24(29)30)18-23(27)28/h17,19,21,26H,2-16,18H2,1H3,(H,27,28)(H,29,30). The molecular weight excluding hydrogens is 442 g/mol. The Balaban J connectivity index is 2.05. The molecule has 1 rings (SSSR count). The lowest BCUT2D eigenvalue weighted by atomic mass is 10.0. The number of carboxylic acid groups (broad SMARTS) is 2. The molecule has 7 nitrogen and oxygen atoms in total. The average molecular weight is 484 g/mol. The van der Waals surface area contributed by atoms with Crippen LogP contribution < -0.4 is 5.32 Å². The van der Waals surface area contributed by atoms with E-state index in [4.69, 9.17) is 14.9 Å². The Kier molecular flexibility index (Phi) is 16.1. The predicted octanol–water partition coefficient (Wildman–Crippen LogP) is 6.73. The molecule has 1 heterocycles. The van der Waals surface area contributed by atoms with E-state index in [1.807, 2.05) is 0 Å². The highest BCUT2D eigenvalue weighted by atomic mass is 32.1. The molecule has 1 aromatic rings. The molecule has 1 aromatic heterocycles. The summed E-state index contributed by atoms with van der Waals surface area (Å²) in [4.78, 5) is 34.0. The predicted molar refractivity (Wildman–Crippen MR) is 132 cm³/mol. The molecule has 0 aliphatic carbocycles. The van der Waals surface area contributed by atoms with Gasteiger partial charge in [0.2, 0.25) is 6.10 Å². The minimum absolute atomic E-state index is 0.245. The van der Waals surface area contributed by atoms with E-state index in [0.29, 0.717) is 0 Å². The average Bonchev–Trinajstić information content (AvgIpc) is 3.24. The normalized spacial score (nSPS) is 11.8. The number of esters is 1. The van der Waals surface area contributed by atoms with Crippen LogP contribution in [-0.4, -0.2) is 40.8 Å². The molecule has 0 fully saturated rings. The minimum Gasteiger partial charge on any atom is -0.481 e. The maximum Gasteiger partial charge on any atom is 0.349 e. The van der Waals surface area contributed by atoms with Gasteiger partial charge in [0.05, 0.1) is 6.42 Å². The lowest BCUT2D eigenvalue weighted by Crippen LogP contribution is -2.29. The van der Waals surface area contributed by atoms with Crippen LogP contribution in [-0.2, 0) is 14.3 Å². The van der Waals surface area contributed by atoms with E-state index in [1.165, 1.54) is 83.5 Å². The fraction of sp³-hybridized carbons (Fsp3) is 0.720. The summed E-state index contributed by atoms with van der Waals surface area (Å²) >= 11 is 1.14. The molecule has 0 spiro atoms. The number of carbonyl (C=O) groups is 3. The molecule has 0 amide bonds. The first kappa shape index (κ1) is 28.9. The summed E-state index contributed by atoms with van der Waals surface area (Å²) < 4.78 is 4.82. The van der Waals surface area contributed by atoms with Gasteiger partial charge in [-0.1, -0.05) is 90.4 Å². The van der Waals surface area contributed by atoms with Crippen LogP contribution >= 0.6 is 11.3 Å². The number of anilines is 1. The van der Waals surface area contributed by atoms with Crippen LogP contribution in [0, 0.1) is 0 Å². The van der Waals surface area contributed by atoms with Gasteiger partial charge in [-0.05, 0) is 12.5 Å². The van der Waals surface area contributed by atoms with Gasteiger partial charge in [0, 0.05) is 17.6 Å². The fourth-order valence-corrected chi connectivity index (χ4v) is 4.36. The van der Waals surface area contributed by atoms with Crippen molar-refractivity contribution in [3.05, 3.63) is 16.3 Å². The Morgan fingerprint density at radius 3 is 1.88 bits per heavy atom. The van der Waals surface area contributed by atoms with E-state index in [1.54, 1.807) is 11.4 Å². The minimum atomic E-state index is -1.69. The Morgan fingerprint density at radius 1 is 0.879 bits per heavy atom. The quantitative estimate of drug-likeness (QED) is 0.131. The highest BCUT2D eigenvalue weighted by Crippen LogP contribution is 2.21. The van der Waals surface area contributed by atoms with Crippen molar-refractivity contribution in [3.63, 3.8) is 0 Å². The molecular formula is C25H41NO6S. The number of nitrogens with one attached hydrogen (secondary N) is 1. The number of rotatable bonds is 21. The molecule has 0 aliphatic rings. The van der Waals surface area contributed by atoms with Crippen LogP contribution in [0.2, 0.25) is 0 Å². The number of unbranched alkanes of at least 4 members (excludes halogenated alkanes) is 13. The zero-order chi connectivity index (χ0) is 24.3. The van der Waals surface area contributed by atoms with Crippen molar-refractivity contribution in [2.24, 2.45) is 0 Å². The van der Waals surface area contributed by atoms with E-state index in [2.05, 4.69) is 12.2 Å². The number of ether oxygens (including phenoxy) is 1. The Morgan fingerprint density at radius 2 is 1.39 bits per heavy atom. The summed E-state index contributed by atoms with van der Waals surface area (Å²) in [5.41, 5.74) is 0.784. The molecule has 3 N–H and O–H groups in total. The van der Waals surface area contributed by atoms with Crippen LogP contribution in [0.4, 0.5) is 5.69 Å². The van der Waals surface area contributed by atoms with Gasteiger partial charge < -0.3 is 20.3 Å². The number of carboxylic acids is 2. The molecule has 8 heteroatoms. The van der Waals surface area contributed by atoms with Crippen LogP contribution in [0.3, 0.4) is 0 Å². The molecule has 1 atom stereocenters. The van der Waals surface area contributed by atoms with Gasteiger partial charge in [0.25, 0.3) is 0 Å². The van der Waals surface area contributed by atoms with Gasteiger partial charge in [-0.3, -0.25) is 4.79 Å². The lowest BCUT2D eigenvalue weighted by molar-refractivity contribution is -0.153. The summed E-state index contributed by atoms with van der Waals surface area (Å²) in [6.45, 7) is 3.06. The molecule has 1 unspecified atom stereocenters. The third-order valence-electron chi connectivity index (χ3n) is 5.54. The van der Waals surface area contributed by atoms with Crippen molar-refractivity contribution in [2.75, 3.05) is 11.9 Å². The van der Waals surface area contributed by atoms with Gasteiger partial charge in [-0.25, -0.2) is 9.59 Å². The number of aliphatic carboxylic acids is 2. The highest BCUT2D eigenvalue weighted by Gasteiger charge is 2.26. The first-order chi connectivity index (χ1) is 15.9. The van der Waals surface area contributed by atoms with Crippen molar-refractivity contribution in [2.45, 2.75) is 109 Å². The first-order valence-corrected chi connectivity index (χ1v) is 13.3. The second kappa shape index (κ2) is 18.3. The summed E-state index contributed by atoms with van der Waals surface area (Å²) in [7, 11) is 0. The van der Waals surface area contributed by atoms with Crippen LogP contribution in [0.5, 0.6) is 0 Å². The van der Waals surface area contributed by atoms with Crippen molar-refractivity contribution >= 4 is 34.9 Å². The van der Waals surface area contributed by atoms with Gasteiger partial charge >= 0.3 is 17.9 Å². The maximum absolute atomic E-state index is 12.1. The monoisotopic (exact) mass is 483 g/mol. The third-order valence-corrected chi connectivity index (χ3v) is 6.46. The topological polar surface area (TPSA) is 113 Å². The Bertz CT molecular complexity index is 690. The molecule has 33 heavy (non-hydrogen) atoms. The summed E-state index contributed by atoms with van der Waals surface area (Å²) in [6, 6.07) is 1.61.